The van der Waals surface area contributed by atoms with E-state index in [1.54, 1.807) is 23.1 Å². The molecule has 1 unspecified atom stereocenters. The van der Waals surface area contributed by atoms with Gasteiger partial charge in [-0.15, -0.1) is 0 Å². The Bertz CT molecular complexity index is 997. The lowest BCUT2D eigenvalue weighted by molar-refractivity contribution is -0.122. The van der Waals surface area contributed by atoms with Crippen LogP contribution in [0.15, 0.2) is 41.4 Å². The molecular weight excluding hydrogens is 352 g/mol. The van der Waals surface area contributed by atoms with Gasteiger partial charge in [-0.3, -0.25) is 4.79 Å². The minimum absolute atomic E-state index is 0.0437. The van der Waals surface area contributed by atoms with E-state index in [0.29, 0.717) is 24.5 Å². The molecule has 0 saturated carbocycles. The van der Waals surface area contributed by atoms with Crippen LogP contribution >= 0.6 is 0 Å². The third kappa shape index (κ3) is 3.15. The zero-order valence-corrected chi connectivity index (χ0v) is 14.2. The number of hydrazine groups is 1. The second kappa shape index (κ2) is 6.61. The third-order valence-electron chi connectivity index (χ3n) is 4.28. The van der Waals surface area contributed by atoms with Gasteiger partial charge in [0.25, 0.3) is 0 Å². The maximum atomic E-state index is 12.4. The van der Waals surface area contributed by atoms with Crippen molar-refractivity contribution < 1.29 is 14.3 Å². The van der Waals surface area contributed by atoms with Crippen LogP contribution in [0.2, 0.25) is 0 Å². The van der Waals surface area contributed by atoms with Gasteiger partial charge < -0.3 is 30.6 Å². The zero-order valence-electron chi connectivity index (χ0n) is 14.2. The predicted octanol–water partition coefficient (Wildman–Crippen LogP) is -0.270. The van der Waals surface area contributed by atoms with E-state index >= 15 is 0 Å². The van der Waals surface area contributed by atoms with Crippen molar-refractivity contribution in [3.05, 3.63) is 42.8 Å². The number of furan rings is 1. The Kier molecular flexibility index (Phi) is 4.12. The fraction of sp³-hybridized carbons (Fsp3) is 0.250. The Labute approximate surface area is 153 Å². The van der Waals surface area contributed by atoms with E-state index in [1.165, 1.54) is 6.33 Å². The number of anilines is 1. The normalized spacial score (nSPS) is 18.7. The van der Waals surface area contributed by atoms with E-state index in [0.717, 1.165) is 0 Å². The van der Waals surface area contributed by atoms with E-state index in [4.69, 9.17) is 10.2 Å². The smallest absolute Gasteiger partial charge is 0.244 e. The number of amides is 1. The van der Waals surface area contributed by atoms with Crippen molar-refractivity contribution in [1.82, 2.24) is 35.7 Å². The molecule has 27 heavy (non-hydrogen) atoms. The highest BCUT2D eigenvalue weighted by Crippen LogP contribution is 2.28. The SMILES string of the molecule is Nc1nc(O)c2ncn(CCNC(=O)CC3(c4ccco4)C=CNN3)c2n1. The molecule has 0 bridgehead atoms. The predicted molar refractivity (Wildman–Crippen MR) is 94.8 cm³/mol. The minimum Gasteiger partial charge on any atom is -0.492 e. The number of nitrogens with one attached hydrogen (secondary N) is 3. The van der Waals surface area contributed by atoms with Gasteiger partial charge in [0.15, 0.2) is 11.2 Å². The van der Waals surface area contributed by atoms with Gasteiger partial charge in [0.2, 0.25) is 17.7 Å². The van der Waals surface area contributed by atoms with Crippen LogP contribution in [0.3, 0.4) is 0 Å². The Morgan fingerprint density at radius 3 is 3.07 bits per heavy atom. The first kappa shape index (κ1) is 16.8. The van der Waals surface area contributed by atoms with Crippen LogP contribution in [0, 0.1) is 0 Å². The van der Waals surface area contributed by atoms with Crippen LogP contribution in [-0.4, -0.2) is 37.1 Å². The summed E-state index contributed by atoms with van der Waals surface area (Å²) in [6.07, 6.45) is 6.81. The molecule has 0 radical (unpaired) electrons. The van der Waals surface area contributed by atoms with E-state index in [1.807, 2.05) is 12.1 Å². The minimum atomic E-state index is -0.733. The molecule has 0 aromatic carbocycles. The lowest BCUT2D eigenvalue weighted by Gasteiger charge is -2.24. The van der Waals surface area contributed by atoms with Gasteiger partial charge >= 0.3 is 0 Å². The largest absolute Gasteiger partial charge is 0.492 e. The molecule has 1 amide bonds. The van der Waals surface area contributed by atoms with Gasteiger partial charge in [-0.05, 0) is 18.2 Å². The van der Waals surface area contributed by atoms with Gasteiger partial charge in [0.05, 0.1) is 19.0 Å². The van der Waals surface area contributed by atoms with E-state index in [9.17, 15) is 9.90 Å². The van der Waals surface area contributed by atoms with Crippen molar-refractivity contribution in [2.75, 3.05) is 12.3 Å². The summed E-state index contributed by atoms with van der Waals surface area (Å²) >= 11 is 0. The van der Waals surface area contributed by atoms with E-state index in [-0.39, 0.29) is 29.7 Å². The molecule has 3 aromatic rings. The number of nitrogens with zero attached hydrogens (tertiary/aromatic N) is 4. The van der Waals surface area contributed by atoms with Gasteiger partial charge in [-0.1, -0.05) is 0 Å². The molecule has 0 saturated heterocycles. The highest BCUT2D eigenvalue weighted by atomic mass is 16.3. The first-order valence-corrected chi connectivity index (χ1v) is 8.26. The van der Waals surface area contributed by atoms with Crippen molar-refractivity contribution >= 4 is 23.0 Å². The van der Waals surface area contributed by atoms with Gasteiger partial charge in [0.1, 0.15) is 11.3 Å². The average molecular weight is 370 g/mol. The molecule has 11 nitrogen and oxygen atoms in total. The number of fused-ring (bicyclic) bond motifs is 1. The molecule has 4 heterocycles. The Balaban J connectivity index is 1.40. The molecule has 0 spiro atoms. The number of hydrogen-bond donors (Lipinski definition) is 5. The number of nitrogens with two attached hydrogens (primary N) is 1. The summed E-state index contributed by atoms with van der Waals surface area (Å²) in [7, 11) is 0. The molecular formula is C16H18N8O3. The highest BCUT2D eigenvalue weighted by Gasteiger charge is 2.37. The summed E-state index contributed by atoms with van der Waals surface area (Å²) in [5, 5.41) is 12.6. The average Bonchev–Trinajstić information content (AvgIpc) is 3.36. The number of hydrogen-bond acceptors (Lipinski definition) is 9. The molecule has 11 heteroatoms. The maximum absolute atomic E-state index is 12.4. The monoisotopic (exact) mass is 370 g/mol. The Hall–Kier alpha value is -3.60. The summed E-state index contributed by atoms with van der Waals surface area (Å²) < 4.78 is 7.15. The lowest BCUT2D eigenvalue weighted by Crippen LogP contribution is -2.45. The summed E-state index contributed by atoms with van der Waals surface area (Å²) in [5.74, 6) is 0.167. The van der Waals surface area contributed by atoms with Crippen LogP contribution in [0.25, 0.3) is 11.2 Å². The third-order valence-corrected chi connectivity index (χ3v) is 4.28. The van der Waals surface area contributed by atoms with E-state index < -0.39 is 5.54 Å². The fourth-order valence-corrected chi connectivity index (χ4v) is 3.00. The molecule has 140 valence electrons. The Morgan fingerprint density at radius 2 is 2.33 bits per heavy atom. The number of aromatic hydroxyl groups is 1. The number of imidazole rings is 1. The molecule has 3 aromatic heterocycles. The summed E-state index contributed by atoms with van der Waals surface area (Å²) in [6.45, 7) is 0.758. The van der Waals surface area contributed by atoms with Crippen LogP contribution in [-0.2, 0) is 16.9 Å². The number of nitrogen functional groups attached to an aromatic ring is 1. The molecule has 0 fully saturated rings. The number of aromatic nitrogens is 4. The number of carbonyl (C=O) groups is 1. The molecule has 6 N–H and O–H groups in total. The number of rotatable bonds is 6. The van der Waals surface area contributed by atoms with Crippen molar-refractivity contribution in [1.29, 1.82) is 0 Å². The van der Waals surface area contributed by atoms with Crippen molar-refractivity contribution in [2.45, 2.75) is 18.5 Å². The van der Waals surface area contributed by atoms with Crippen LogP contribution in [0.1, 0.15) is 12.2 Å². The molecule has 1 atom stereocenters. The van der Waals surface area contributed by atoms with Crippen LogP contribution < -0.4 is 21.9 Å². The van der Waals surface area contributed by atoms with Crippen molar-refractivity contribution in [3.8, 4) is 5.88 Å². The molecule has 1 aliphatic rings. The maximum Gasteiger partial charge on any atom is 0.244 e. The summed E-state index contributed by atoms with van der Waals surface area (Å²) in [5.41, 5.74) is 11.4. The Morgan fingerprint density at radius 1 is 1.44 bits per heavy atom. The van der Waals surface area contributed by atoms with Gasteiger partial charge in [0, 0.05) is 19.3 Å². The molecule has 0 aliphatic carbocycles. The second-order valence-corrected chi connectivity index (χ2v) is 6.09. The van der Waals surface area contributed by atoms with E-state index in [2.05, 4.69) is 31.1 Å². The first-order chi connectivity index (χ1) is 13.1. The van der Waals surface area contributed by atoms with Gasteiger partial charge in [-0.2, -0.15) is 9.97 Å². The fourth-order valence-electron chi connectivity index (χ4n) is 3.00. The second-order valence-electron chi connectivity index (χ2n) is 6.09. The highest BCUT2D eigenvalue weighted by molar-refractivity contribution is 5.78. The lowest BCUT2D eigenvalue weighted by atomic mass is 9.93. The van der Waals surface area contributed by atoms with Crippen LogP contribution in [0.5, 0.6) is 5.88 Å². The van der Waals surface area contributed by atoms with Crippen LogP contribution in [0.4, 0.5) is 5.95 Å². The first-order valence-electron chi connectivity index (χ1n) is 8.26. The zero-order chi connectivity index (χ0) is 18.9. The molecule has 4 rings (SSSR count). The van der Waals surface area contributed by atoms with Crippen molar-refractivity contribution in [3.63, 3.8) is 0 Å². The topological polar surface area (TPSA) is 156 Å². The van der Waals surface area contributed by atoms with Gasteiger partial charge in [-0.25, -0.2) is 10.4 Å². The molecule has 1 aliphatic heterocycles. The number of carbonyl (C=O) groups excluding carboxylic acids is 1. The van der Waals surface area contributed by atoms with Crippen molar-refractivity contribution in [2.24, 2.45) is 0 Å². The standard InChI is InChI=1S/C16H18N8O3/c17-15-21-13-12(14(26)22-15)19-9-24(13)6-5-18-11(25)8-16(3-4-20-23-16)10-2-1-7-27-10/h1-4,7,9,20,23H,5-6,8H2,(H,18,25)(H3,17,21,22,26). The quantitative estimate of drug-likeness (QED) is 0.394. The summed E-state index contributed by atoms with van der Waals surface area (Å²) in [6, 6.07) is 3.59. The summed E-state index contributed by atoms with van der Waals surface area (Å²) in [4.78, 5) is 24.2.